The van der Waals surface area contributed by atoms with Gasteiger partial charge in [-0.2, -0.15) is 0 Å². The molecule has 0 aliphatic heterocycles. The van der Waals surface area contributed by atoms with Crippen molar-refractivity contribution >= 4 is 28.7 Å². The molecule has 1 heterocycles. The Kier molecular flexibility index (Phi) is 11.6. The molecule has 35 heavy (non-hydrogen) atoms. The zero-order chi connectivity index (χ0) is 25.8. The molecule has 0 unspecified atom stereocenters. The highest BCUT2D eigenvalue weighted by Crippen LogP contribution is 2.39. The number of hydrogen-bond donors (Lipinski definition) is 5. The molecule has 1 aromatic carbocycles. The number of ether oxygens (including phenoxy) is 2. The number of carbonyl (C=O) groups excluding carboxylic acids is 2. The van der Waals surface area contributed by atoms with E-state index in [4.69, 9.17) is 25.4 Å². The van der Waals surface area contributed by atoms with Gasteiger partial charge in [0.1, 0.15) is 18.2 Å². The van der Waals surface area contributed by atoms with Gasteiger partial charge >= 0.3 is 12.1 Å². The molecule has 3 amide bonds. The minimum atomic E-state index is -1.19. The summed E-state index contributed by atoms with van der Waals surface area (Å²) < 4.78 is 42.3. The van der Waals surface area contributed by atoms with Gasteiger partial charge in [-0.15, -0.1) is 4.37 Å². The first-order valence-corrected chi connectivity index (χ1v) is 11.6. The first-order chi connectivity index (χ1) is 16.7. The molecule has 0 spiro atoms. The van der Waals surface area contributed by atoms with Crippen molar-refractivity contribution in [2.75, 3.05) is 44.7 Å². The van der Waals surface area contributed by atoms with Crippen LogP contribution in [-0.4, -0.2) is 71.0 Å². The Labute approximate surface area is 205 Å². The Balaban J connectivity index is 1.92. The zero-order valence-corrected chi connectivity index (χ0v) is 20.0. The van der Waals surface area contributed by atoms with Crippen LogP contribution in [0.1, 0.15) is 24.0 Å². The Morgan fingerprint density at radius 2 is 1.80 bits per heavy atom. The normalized spacial score (nSPS) is 10.9. The number of primary amides is 1. The second-order valence-corrected chi connectivity index (χ2v) is 8.21. The summed E-state index contributed by atoms with van der Waals surface area (Å²) in [7, 11) is 0. The monoisotopic (exact) mass is 517 g/mol. The lowest BCUT2D eigenvalue weighted by Crippen LogP contribution is -2.32. The number of carbonyl (C=O) groups is 2. The highest BCUT2D eigenvalue weighted by atomic mass is 32.1. The van der Waals surface area contributed by atoms with E-state index in [0.717, 1.165) is 30.1 Å². The van der Waals surface area contributed by atoms with Gasteiger partial charge < -0.3 is 30.7 Å². The van der Waals surface area contributed by atoms with Gasteiger partial charge in [0.25, 0.3) is 5.88 Å². The number of nitrogens with two attached hydrogens (primary N) is 1. The van der Waals surface area contributed by atoms with Crippen LogP contribution in [0, 0.1) is 18.6 Å². The molecular weight excluding hydrogens is 488 g/mol. The van der Waals surface area contributed by atoms with Crippen LogP contribution >= 0.6 is 11.5 Å². The zero-order valence-electron chi connectivity index (χ0n) is 19.2. The van der Waals surface area contributed by atoms with E-state index in [2.05, 4.69) is 15.0 Å². The van der Waals surface area contributed by atoms with E-state index >= 15 is 0 Å². The number of aliphatic hydroxyl groups is 2. The lowest BCUT2D eigenvalue weighted by Gasteiger charge is -2.19. The fourth-order valence-corrected chi connectivity index (χ4v) is 3.73. The molecule has 194 valence electrons. The summed E-state index contributed by atoms with van der Waals surface area (Å²) in [5.74, 6) is -2.15. The molecule has 0 saturated carbocycles. The average molecular weight is 518 g/mol. The smallest absolute Gasteiger partial charge is 0.410 e. The number of anilines is 1. The van der Waals surface area contributed by atoms with Crippen LogP contribution in [0.15, 0.2) is 12.1 Å². The van der Waals surface area contributed by atoms with Crippen molar-refractivity contribution in [2.45, 2.75) is 26.4 Å². The van der Waals surface area contributed by atoms with E-state index in [1.807, 2.05) is 4.90 Å². The number of nitrogens with zero attached hydrogens (tertiary/aromatic N) is 2. The SMILES string of the molecule is Cc1cc(F)c(COc2nsc(NC(=O)NCCCCN(CCO)CCO)c2OC(N)=O)c(F)c1. The third kappa shape index (κ3) is 9.24. The van der Waals surface area contributed by atoms with Crippen molar-refractivity contribution in [3.05, 3.63) is 34.9 Å². The van der Waals surface area contributed by atoms with Gasteiger partial charge in [0.15, 0.2) is 5.00 Å². The van der Waals surface area contributed by atoms with Gasteiger partial charge in [0, 0.05) is 19.6 Å². The van der Waals surface area contributed by atoms with Gasteiger partial charge in [-0.3, -0.25) is 10.2 Å². The van der Waals surface area contributed by atoms with Crippen molar-refractivity contribution in [2.24, 2.45) is 5.73 Å². The van der Waals surface area contributed by atoms with Crippen LogP contribution in [0.2, 0.25) is 0 Å². The number of nitrogens with one attached hydrogen (secondary N) is 2. The molecule has 6 N–H and O–H groups in total. The summed E-state index contributed by atoms with van der Waals surface area (Å²) >= 11 is 0.730. The van der Waals surface area contributed by atoms with Crippen molar-refractivity contribution in [3.63, 3.8) is 0 Å². The quantitative estimate of drug-likeness (QED) is 0.238. The summed E-state index contributed by atoms with van der Waals surface area (Å²) in [5, 5.41) is 23.1. The number of urea groups is 1. The lowest BCUT2D eigenvalue weighted by atomic mass is 10.1. The summed E-state index contributed by atoms with van der Waals surface area (Å²) in [4.78, 5) is 25.4. The molecule has 11 nitrogen and oxygen atoms in total. The number of halogens is 2. The second kappa shape index (κ2) is 14.4. The second-order valence-electron chi connectivity index (χ2n) is 7.44. The van der Waals surface area contributed by atoms with Crippen LogP contribution < -0.4 is 25.8 Å². The van der Waals surface area contributed by atoms with Gasteiger partial charge in [-0.1, -0.05) is 0 Å². The molecule has 1 aromatic heterocycles. The first kappa shape index (κ1) is 28.2. The molecule has 0 fully saturated rings. The minimum absolute atomic E-state index is 0.00812. The molecule has 0 bridgehead atoms. The predicted molar refractivity (Wildman–Crippen MR) is 125 cm³/mol. The maximum absolute atomic E-state index is 14.1. The Hall–Kier alpha value is -3.07. The van der Waals surface area contributed by atoms with Crippen LogP contribution in [0.4, 0.5) is 23.4 Å². The van der Waals surface area contributed by atoms with Crippen LogP contribution in [0.5, 0.6) is 11.6 Å². The van der Waals surface area contributed by atoms with E-state index in [-0.39, 0.29) is 35.4 Å². The van der Waals surface area contributed by atoms with Crippen molar-refractivity contribution in [1.82, 2.24) is 14.6 Å². The molecule has 2 rings (SSSR count). The maximum atomic E-state index is 14.1. The highest BCUT2D eigenvalue weighted by Gasteiger charge is 2.22. The van der Waals surface area contributed by atoms with E-state index in [9.17, 15) is 18.4 Å². The van der Waals surface area contributed by atoms with Gasteiger partial charge in [-0.05, 0) is 55.5 Å². The van der Waals surface area contributed by atoms with E-state index in [1.54, 1.807) is 6.92 Å². The maximum Gasteiger partial charge on any atom is 0.410 e. The van der Waals surface area contributed by atoms with Gasteiger partial charge in [-0.25, -0.2) is 18.4 Å². The van der Waals surface area contributed by atoms with Crippen LogP contribution in [0.3, 0.4) is 0 Å². The molecule has 0 aliphatic carbocycles. The number of rotatable bonds is 14. The van der Waals surface area contributed by atoms with Crippen molar-refractivity contribution in [1.29, 1.82) is 0 Å². The molecule has 0 aliphatic rings. The number of aryl methyl sites for hydroxylation is 1. The third-order valence-electron chi connectivity index (χ3n) is 4.71. The van der Waals surface area contributed by atoms with Crippen molar-refractivity contribution in [3.8, 4) is 11.6 Å². The Morgan fingerprint density at radius 3 is 2.40 bits per heavy atom. The lowest BCUT2D eigenvalue weighted by molar-refractivity contribution is 0.159. The standard InChI is InChI=1S/C21H29F2N5O6S/c1-13-10-15(22)14(16(23)11-13)12-33-18-17(34-20(24)31)19(35-27-18)26-21(32)25-4-2-3-5-28(6-8-29)7-9-30/h10-11,29-30H,2-9,12H2,1H3,(H2,24,31)(H2,25,26,32). The topological polar surface area (TPSA) is 159 Å². The molecule has 0 atom stereocenters. The highest BCUT2D eigenvalue weighted by molar-refractivity contribution is 7.11. The average Bonchev–Trinajstić information content (AvgIpc) is 3.13. The summed E-state index contributed by atoms with van der Waals surface area (Å²) in [6, 6.07) is 1.70. The molecule has 0 radical (unpaired) electrons. The van der Waals surface area contributed by atoms with Crippen LogP contribution in [-0.2, 0) is 6.61 Å². The third-order valence-corrected chi connectivity index (χ3v) is 5.43. The fourth-order valence-electron chi connectivity index (χ4n) is 3.07. The first-order valence-electron chi connectivity index (χ1n) is 10.8. The van der Waals surface area contributed by atoms with Gasteiger partial charge in [0.2, 0.25) is 5.75 Å². The number of hydrogen-bond acceptors (Lipinski definition) is 9. The molecule has 14 heteroatoms. The predicted octanol–water partition coefficient (Wildman–Crippen LogP) is 1.95. The summed E-state index contributed by atoms with van der Waals surface area (Å²) in [6.45, 7) is 2.88. The van der Waals surface area contributed by atoms with Crippen LogP contribution in [0.25, 0.3) is 0 Å². The van der Waals surface area contributed by atoms with Crippen molar-refractivity contribution < 1.29 is 38.1 Å². The van der Waals surface area contributed by atoms with Gasteiger partial charge in [0.05, 0.1) is 18.8 Å². The number of unbranched alkanes of at least 4 members (excludes halogenated alkanes) is 1. The number of aliphatic hydroxyl groups excluding tert-OH is 2. The summed E-state index contributed by atoms with van der Waals surface area (Å²) in [6.07, 6.45) is 0.165. The molecule has 0 saturated heterocycles. The Bertz CT molecular complexity index is 964. The largest absolute Gasteiger partial charge is 0.469 e. The fraction of sp³-hybridized carbons (Fsp3) is 0.476. The Morgan fingerprint density at radius 1 is 1.14 bits per heavy atom. The van der Waals surface area contributed by atoms with E-state index in [1.165, 1.54) is 0 Å². The molecule has 2 aromatic rings. The minimum Gasteiger partial charge on any atom is -0.469 e. The summed E-state index contributed by atoms with van der Waals surface area (Å²) in [5.41, 5.74) is 5.15. The molecular formula is C21H29F2N5O6S. The number of amides is 3. The van der Waals surface area contributed by atoms with E-state index in [0.29, 0.717) is 38.2 Å². The number of aromatic nitrogens is 1. The van der Waals surface area contributed by atoms with E-state index < -0.39 is 30.4 Å². The number of benzene rings is 1.